The molecule has 156 valence electrons. The summed E-state index contributed by atoms with van der Waals surface area (Å²) < 4.78 is 0. The van der Waals surface area contributed by atoms with Crippen molar-refractivity contribution in [2.24, 2.45) is 11.8 Å². The van der Waals surface area contributed by atoms with Gasteiger partial charge < -0.3 is 10.2 Å². The minimum Gasteiger partial charge on any atom is -0.371 e. The number of hydrogen-bond acceptors (Lipinski definition) is 4. The van der Waals surface area contributed by atoms with Gasteiger partial charge in [-0.1, -0.05) is 25.5 Å². The maximum absolute atomic E-state index is 9.04. The molecule has 2 aromatic rings. The summed E-state index contributed by atoms with van der Waals surface area (Å²) >= 11 is 0. The Balaban J connectivity index is 1.39. The topological polar surface area (TPSA) is 52.0 Å². The molecule has 3 atom stereocenters. The van der Waals surface area contributed by atoms with E-state index in [4.69, 9.17) is 5.26 Å². The van der Waals surface area contributed by atoms with Gasteiger partial charge in [-0.25, -0.2) is 4.98 Å². The average Bonchev–Trinajstić information content (AvgIpc) is 2.81. The number of hydrogen-bond donors (Lipinski definition) is 1. The summed E-state index contributed by atoms with van der Waals surface area (Å²) in [6.07, 6.45) is 12.8. The molecule has 1 aromatic heterocycles. The number of piperidine rings is 1. The van der Waals surface area contributed by atoms with Crippen LogP contribution in [-0.2, 0) is 0 Å². The Morgan fingerprint density at radius 2 is 1.97 bits per heavy atom. The first-order valence-electron chi connectivity index (χ1n) is 11.4. The normalized spacial score (nSPS) is 24.1. The molecule has 4 nitrogen and oxygen atoms in total. The monoisotopic (exact) mass is 400 g/mol. The zero-order valence-electron chi connectivity index (χ0n) is 17.8. The highest BCUT2D eigenvalue weighted by atomic mass is 15.1. The van der Waals surface area contributed by atoms with Crippen LogP contribution < -0.4 is 10.2 Å². The van der Waals surface area contributed by atoms with Crippen molar-refractivity contribution in [3.05, 3.63) is 60.3 Å². The van der Waals surface area contributed by atoms with Crippen LogP contribution in [-0.4, -0.2) is 24.1 Å². The van der Waals surface area contributed by atoms with Crippen LogP contribution in [0.2, 0.25) is 0 Å². The first kappa shape index (κ1) is 20.5. The Kier molecular flexibility index (Phi) is 6.69. The van der Waals surface area contributed by atoms with Gasteiger partial charge >= 0.3 is 0 Å². The second-order valence-corrected chi connectivity index (χ2v) is 8.82. The quantitative estimate of drug-likeness (QED) is 0.658. The van der Waals surface area contributed by atoms with Crippen LogP contribution in [0.4, 0.5) is 11.5 Å². The van der Waals surface area contributed by atoms with Crippen molar-refractivity contribution < 1.29 is 0 Å². The molecule has 30 heavy (non-hydrogen) atoms. The molecule has 4 heteroatoms. The molecule has 0 spiro atoms. The van der Waals surface area contributed by atoms with Crippen molar-refractivity contribution in [1.82, 2.24) is 4.98 Å². The fourth-order valence-corrected chi connectivity index (χ4v) is 5.19. The largest absolute Gasteiger partial charge is 0.371 e. The predicted octanol–water partition coefficient (Wildman–Crippen LogP) is 5.87. The van der Waals surface area contributed by atoms with E-state index in [1.807, 2.05) is 30.5 Å². The average molecular weight is 401 g/mol. The van der Waals surface area contributed by atoms with E-state index in [2.05, 4.69) is 46.0 Å². The van der Waals surface area contributed by atoms with Crippen LogP contribution in [0.25, 0.3) is 6.08 Å². The van der Waals surface area contributed by atoms with Crippen LogP contribution in [0.15, 0.2) is 49.2 Å². The van der Waals surface area contributed by atoms with Crippen LogP contribution in [0.1, 0.15) is 56.1 Å². The lowest BCUT2D eigenvalue weighted by atomic mass is 9.77. The van der Waals surface area contributed by atoms with Gasteiger partial charge in [-0.3, -0.25) is 0 Å². The Morgan fingerprint density at radius 3 is 2.77 bits per heavy atom. The number of nitrogens with zero attached hydrogens (tertiary/aromatic N) is 3. The Bertz CT molecular complexity index is 883. The summed E-state index contributed by atoms with van der Waals surface area (Å²) in [5.74, 6) is 2.42. The molecule has 0 bridgehead atoms. The summed E-state index contributed by atoms with van der Waals surface area (Å²) in [5.41, 5.74) is 3.10. The minimum absolute atomic E-state index is 0.511. The third-order valence-corrected chi connectivity index (χ3v) is 6.78. The van der Waals surface area contributed by atoms with Gasteiger partial charge in [0.2, 0.25) is 0 Å². The lowest BCUT2D eigenvalue weighted by molar-refractivity contribution is 0.247. The molecule has 4 rings (SSSR count). The van der Waals surface area contributed by atoms with Crippen molar-refractivity contribution >= 4 is 17.6 Å². The maximum atomic E-state index is 9.04. The smallest absolute Gasteiger partial charge is 0.126 e. The molecule has 1 aliphatic carbocycles. The molecular weight excluding hydrogens is 368 g/mol. The first-order valence-corrected chi connectivity index (χ1v) is 11.4. The number of pyridine rings is 1. The van der Waals surface area contributed by atoms with E-state index >= 15 is 0 Å². The Labute approximate surface area is 180 Å². The fraction of sp³-hybridized carbons (Fsp3) is 0.462. The Morgan fingerprint density at radius 1 is 1.13 bits per heavy atom. The molecular formula is C26H32N4. The zero-order chi connectivity index (χ0) is 20.8. The molecule has 2 aliphatic rings. The highest BCUT2D eigenvalue weighted by Gasteiger charge is 2.30. The van der Waals surface area contributed by atoms with Crippen LogP contribution >= 0.6 is 0 Å². The van der Waals surface area contributed by atoms with E-state index in [0.29, 0.717) is 12.0 Å². The van der Waals surface area contributed by atoms with Gasteiger partial charge in [-0.2, -0.15) is 5.26 Å². The summed E-state index contributed by atoms with van der Waals surface area (Å²) in [7, 11) is 0. The van der Waals surface area contributed by atoms with E-state index in [1.54, 1.807) is 0 Å². The van der Waals surface area contributed by atoms with Crippen molar-refractivity contribution in [1.29, 1.82) is 5.26 Å². The molecule has 1 saturated heterocycles. The molecule has 0 amide bonds. The number of nitrogens with one attached hydrogen (secondary N) is 1. The molecule has 0 radical (unpaired) electrons. The SMILES string of the molecule is C=Cc1ccnc(N[C@@H]2CCCC[C@H]2C[C@H]2CCCN(c3ccc(C#N)cc3)C2)c1. The molecule has 1 aliphatic heterocycles. The van der Waals surface area contributed by atoms with Gasteiger partial charge in [0.15, 0.2) is 0 Å². The molecule has 2 fully saturated rings. The van der Waals surface area contributed by atoms with E-state index in [0.717, 1.165) is 36.0 Å². The van der Waals surface area contributed by atoms with Gasteiger partial charge in [0.05, 0.1) is 11.6 Å². The number of benzene rings is 1. The molecule has 1 aromatic carbocycles. The molecule has 0 unspecified atom stereocenters. The number of nitriles is 1. The molecule has 1 saturated carbocycles. The van der Waals surface area contributed by atoms with Crippen LogP contribution in [0, 0.1) is 23.2 Å². The third kappa shape index (κ3) is 5.02. The first-order chi connectivity index (χ1) is 14.7. The van der Waals surface area contributed by atoms with Crippen molar-refractivity contribution in [2.45, 2.75) is 51.0 Å². The number of rotatable bonds is 6. The highest BCUT2D eigenvalue weighted by Crippen LogP contribution is 2.35. The van der Waals surface area contributed by atoms with E-state index in [-0.39, 0.29) is 0 Å². The van der Waals surface area contributed by atoms with E-state index < -0.39 is 0 Å². The molecule has 1 N–H and O–H groups in total. The van der Waals surface area contributed by atoms with Crippen molar-refractivity contribution in [3.8, 4) is 6.07 Å². The number of anilines is 2. The maximum Gasteiger partial charge on any atom is 0.126 e. The predicted molar refractivity (Wildman–Crippen MR) is 124 cm³/mol. The standard InChI is InChI=1S/C26H32N4/c1-2-20-13-14-28-26(17-20)29-25-8-4-3-7-23(25)16-22-6-5-15-30(19-22)24-11-9-21(18-27)10-12-24/h2,9-14,17,22-23,25H,1,3-8,15-16,19H2,(H,28,29)/t22-,23+,25-/m1/s1. The zero-order valence-corrected chi connectivity index (χ0v) is 17.8. The summed E-state index contributed by atoms with van der Waals surface area (Å²) in [6.45, 7) is 6.12. The summed E-state index contributed by atoms with van der Waals surface area (Å²) in [4.78, 5) is 7.05. The van der Waals surface area contributed by atoms with Crippen molar-refractivity contribution in [3.63, 3.8) is 0 Å². The third-order valence-electron chi connectivity index (χ3n) is 6.78. The Hall–Kier alpha value is -2.80. The van der Waals surface area contributed by atoms with Gasteiger partial charge in [0, 0.05) is 31.0 Å². The second kappa shape index (κ2) is 9.80. The summed E-state index contributed by atoms with van der Waals surface area (Å²) in [5, 5.41) is 12.8. The van der Waals surface area contributed by atoms with Crippen molar-refractivity contribution in [2.75, 3.05) is 23.3 Å². The lowest BCUT2D eigenvalue weighted by Crippen LogP contribution is -2.39. The van der Waals surface area contributed by atoms with E-state index in [1.165, 1.54) is 50.6 Å². The summed E-state index contributed by atoms with van der Waals surface area (Å²) in [6, 6.07) is 14.9. The molecule has 2 heterocycles. The van der Waals surface area contributed by atoms with Gasteiger partial charge in [0.25, 0.3) is 0 Å². The van der Waals surface area contributed by atoms with E-state index in [9.17, 15) is 0 Å². The van der Waals surface area contributed by atoms with Gasteiger partial charge in [-0.15, -0.1) is 0 Å². The second-order valence-electron chi connectivity index (χ2n) is 8.82. The van der Waals surface area contributed by atoms with Crippen LogP contribution in [0.5, 0.6) is 0 Å². The van der Waals surface area contributed by atoms with Crippen LogP contribution in [0.3, 0.4) is 0 Å². The highest BCUT2D eigenvalue weighted by molar-refractivity contribution is 5.52. The van der Waals surface area contributed by atoms with Gasteiger partial charge in [0.1, 0.15) is 5.82 Å². The minimum atomic E-state index is 0.511. The van der Waals surface area contributed by atoms with Gasteiger partial charge in [-0.05, 0) is 85.9 Å². The fourth-order valence-electron chi connectivity index (χ4n) is 5.19. The lowest BCUT2D eigenvalue weighted by Gasteiger charge is -2.39. The number of aromatic nitrogens is 1.